The third-order valence-corrected chi connectivity index (χ3v) is 4.97. The maximum absolute atomic E-state index is 11.8. The molecule has 94 valence electrons. The molecule has 0 saturated heterocycles. The molecule has 0 N–H and O–H groups in total. The lowest BCUT2D eigenvalue weighted by molar-refractivity contribution is -0.116. The summed E-state index contributed by atoms with van der Waals surface area (Å²) in [4.78, 5) is 14.0. The van der Waals surface area contributed by atoms with Crippen LogP contribution < -0.4 is 0 Å². The molecule has 0 amide bonds. The van der Waals surface area contributed by atoms with E-state index < -0.39 is 0 Å². The van der Waals surface area contributed by atoms with Crippen LogP contribution in [0.1, 0.15) is 11.3 Å². The molecule has 1 aromatic heterocycles. The smallest absolute Gasteiger partial charge is 0.143 e. The molecule has 2 aromatic rings. The molecule has 18 heavy (non-hydrogen) atoms. The second kappa shape index (κ2) is 6.98. The lowest BCUT2D eigenvalue weighted by atomic mass is 10.2. The Hall–Kier alpha value is -0.770. The summed E-state index contributed by atoms with van der Waals surface area (Å²) in [5.74, 6) is 0.767. The molecular formula is C14H13ClOS2. The number of benzene rings is 1. The number of ketones is 1. The van der Waals surface area contributed by atoms with E-state index in [9.17, 15) is 4.79 Å². The van der Waals surface area contributed by atoms with E-state index in [0.717, 1.165) is 11.3 Å². The third kappa shape index (κ3) is 4.16. The Bertz CT molecular complexity index is 508. The van der Waals surface area contributed by atoms with Gasteiger partial charge in [-0.1, -0.05) is 29.8 Å². The minimum Gasteiger partial charge on any atom is -0.299 e. The normalized spacial score (nSPS) is 10.5. The van der Waals surface area contributed by atoms with Crippen LogP contribution in [0.2, 0.25) is 5.02 Å². The largest absolute Gasteiger partial charge is 0.299 e. The highest BCUT2D eigenvalue weighted by Crippen LogP contribution is 2.26. The van der Waals surface area contributed by atoms with Gasteiger partial charge in [-0.05, 0) is 30.0 Å². The number of carbonyl (C=O) groups excluding carboxylic acids is 1. The first-order valence-electron chi connectivity index (χ1n) is 5.67. The number of thioether (sulfide) groups is 1. The SMILES string of the molecule is O=C(CCc1cccs1)CSc1ccccc1Cl. The first-order chi connectivity index (χ1) is 8.75. The fourth-order valence-electron chi connectivity index (χ4n) is 1.51. The first kappa shape index (κ1) is 13.7. The highest BCUT2D eigenvalue weighted by Gasteiger charge is 2.06. The molecular weight excluding hydrogens is 284 g/mol. The summed E-state index contributed by atoms with van der Waals surface area (Å²) in [6, 6.07) is 11.7. The van der Waals surface area contributed by atoms with Crippen molar-refractivity contribution < 1.29 is 4.79 Å². The quantitative estimate of drug-likeness (QED) is 0.719. The minimum absolute atomic E-state index is 0.272. The summed E-state index contributed by atoms with van der Waals surface area (Å²) in [6.45, 7) is 0. The Morgan fingerprint density at radius 1 is 1.22 bits per heavy atom. The van der Waals surface area contributed by atoms with Gasteiger partial charge in [0.2, 0.25) is 0 Å². The molecule has 4 heteroatoms. The van der Waals surface area contributed by atoms with Crippen molar-refractivity contribution >= 4 is 40.5 Å². The van der Waals surface area contributed by atoms with Crippen LogP contribution in [-0.2, 0) is 11.2 Å². The van der Waals surface area contributed by atoms with E-state index in [4.69, 9.17) is 11.6 Å². The highest BCUT2D eigenvalue weighted by atomic mass is 35.5. The van der Waals surface area contributed by atoms with E-state index in [1.54, 1.807) is 11.3 Å². The van der Waals surface area contributed by atoms with Gasteiger partial charge in [0.1, 0.15) is 5.78 Å². The fraction of sp³-hybridized carbons (Fsp3) is 0.214. The molecule has 0 spiro atoms. The number of thiophene rings is 1. The molecule has 0 radical (unpaired) electrons. The molecule has 1 heterocycles. The van der Waals surface area contributed by atoms with Crippen molar-refractivity contribution in [1.29, 1.82) is 0 Å². The summed E-state index contributed by atoms with van der Waals surface area (Å²) in [6.07, 6.45) is 1.46. The highest BCUT2D eigenvalue weighted by molar-refractivity contribution is 8.00. The van der Waals surface area contributed by atoms with Crippen molar-refractivity contribution in [1.82, 2.24) is 0 Å². The number of carbonyl (C=O) groups is 1. The average molecular weight is 297 g/mol. The zero-order valence-electron chi connectivity index (χ0n) is 9.77. The first-order valence-corrected chi connectivity index (χ1v) is 7.91. The van der Waals surface area contributed by atoms with Gasteiger partial charge in [0.15, 0.2) is 0 Å². The van der Waals surface area contributed by atoms with Crippen LogP contribution in [0, 0.1) is 0 Å². The summed E-state index contributed by atoms with van der Waals surface area (Å²) in [5.41, 5.74) is 0. The molecule has 0 aliphatic carbocycles. The fourth-order valence-corrected chi connectivity index (χ4v) is 3.36. The van der Waals surface area contributed by atoms with E-state index >= 15 is 0 Å². The van der Waals surface area contributed by atoms with Gasteiger partial charge in [-0.2, -0.15) is 0 Å². The van der Waals surface area contributed by atoms with Crippen molar-refractivity contribution in [3.63, 3.8) is 0 Å². The molecule has 0 fully saturated rings. The van der Waals surface area contributed by atoms with E-state index in [1.807, 2.05) is 35.7 Å². The number of Topliss-reactive ketones (excluding diaryl/α,β-unsaturated/α-hetero) is 1. The molecule has 0 atom stereocenters. The number of hydrogen-bond acceptors (Lipinski definition) is 3. The van der Waals surface area contributed by atoms with Gasteiger partial charge < -0.3 is 0 Å². The molecule has 0 bridgehead atoms. The van der Waals surface area contributed by atoms with Crippen molar-refractivity contribution in [2.45, 2.75) is 17.7 Å². The van der Waals surface area contributed by atoms with Crippen LogP contribution in [0.25, 0.3) is 0 Å². The molecule has 0 unspecified atom stereocenters. The maximum Gasteiger partial charge on any atom is 0.143 e. The van der Waals surface area contributed by atoms with Gasteiger partial charge in [-0.3, -0.25) is 4.79 Å². The topological polar surface area (TPSA) is 17.1 Å². The van der Waals surface area contributed by atoms with E-state index in [2.05, 4.69) is 6.07 Å². The standard InChI is InChI=1S/C14H13ClOS2/c15-13-5-1-2-6-14(13)18-10-11(16)7-8-12-4-3-9-17-12/h1-6,9H,7-8,10H2. The van der Waals surface area contributed by atoms with Crippen molar-refractivity contribution in [2.24, 2.45) is 0 Å². The lowest BCUT2D eigenvalue weighted by Gasteiger charge is -2.03. The maximum atomic E-state index is 11.8. The molecule has 2 rings (SSSR count). The number of halogens is 1. The van der Waals surface area contributed by atoms with E-state index in [1.165, 1.54) is 16.6 Å². The van der Waals surface area contributed by atoms with Crippen molar-refractivity contribution in [3.8, 4) is 0 Å². The van der Waals surface area contributed by atoms with Crippen LogP contribution in [0.5, 0.6) is 0 Å². The average Bonchev–Trinajstić information content (AvgIpc) is 2.88. The van der Waals surface area contributed by atoms with Crippen molar-refractivity contribution in [3.05, 3.63) is 51.7 Å². The lowest BCUT2D eigenvalue weighted by Crippen LogP contribution is -2.02. The number of rotatable bonds is 6. The zero-order valence-corrected chi connectivity index (χ0v) is 12.2. The second-order valence-electron chi connectivity index (χ2n) is 3.84. The predicted molar refractivity (Wildman–Crippen MR) is 79.8 cm³/mol. The Balaban J connectivity index is 1.77. The van der Waals surface area contributed by atoms with Gasteiger partial charge in [0.25, 0.3) is 0 Å². The monoisotopic (exact) mass is 296 g/mol. The Morgan fingerprint density at radius 2 is 2.06 bits per heavy atom. The second-order valence-corrected chi connectivity index (χ2v) is 6.29. The third-order valence-electron chi connectivity index (χ3n) is 2.46. The van der Waals surface area contributed by atoms with Crippen LogP contribution in [0.4, 0.5) is 0 Å². The molecule has 1 aromatic carbocycles. The van der Waals surface area contributed by atoms with Crippen LogP contribution in [-0.4, -0.2) is 11.5 Å². The molecule has 0 aliphatic heterocycles. The van der Waals surface area contributed by atoms with Gasteiger partial charge in [0.05, 0.1) is 10.8 Å². The van der Waals surface area contributed by atoms with Crippen LogP contribution in [0.3, 0.4) is 0 Å². The molecule has 0 saturated carbocycles. The van der Waals surface area contributed by atoms with Gasteiger partial charge in [0, 0.05) is 16.2 Å². The summed E-state index contributed by atoms with van der Waals surface area (Å²) < 4.78 is 0. The Labute approximate surface area is 120 Å². The van der Waals surface area contributed by atoms with Crippen LogP contribution in [0.15, 0.2) is 46.7 Å². The number of hydrogen-bond donors (Lipinski definition) is 0. The minimum atomic E-state index is 0.272. The van der Waals surface area contributed by atoms with E-state index in [-0.39, 0.29) is 5.78 Å². The van der Waals surface area contributed by atoms with Gasteiger partial charge in [-0.25, -0.2) is 0 Å². The predicted octanol–water partition coefficient (Wildman–Crippen LogP) is 4.70. The summed E-state index contributed by atoms with van der Waals surface area (Å²) in [7, 11) is 0. The molecule has 0 aliphatic rings. The van der Waals surface area contributed by atoms with Crippen LogP contribution >= 0.6 is 34.7 Å². The molecule has 1 nitrogen and oxygen atoms in total. The summed E-state index contributed by atoms with van der Waals surface area (Å²) >= 11 is 9.25. The van der Waals surface area contributed by atoms with Crippen molar-refractivity contribution in [2.75, 3.05) is 5.75 Å². The van der Waals surface area contributed by atoms with Gasteiger partial charge in [-0.15, -0.1) is 23.1 Å². The number of aryl methyl sites for hydroxylation is 1. The zero-order chi connectivity index (χ0) is 12.8. The van der Waals surface area contributed by atoms with Gasteiger partial charge >= 0.3 is 0 Å². The summed E-state index contributed by atoms with van der Waals surface area (Å²) in [5, 5.41) is 2.76. The Morgan fingerprint density at radius 3 is 2.78 bits per heavy atom. The Kier molecular flexibility index (Phi) is 5.29. The van der Waals surface area contributed by atoms with E-state index in [0.29, 0.717) is 17.2 Å².